The molecule has 4 N–H and O–H groups in total. The first-order chi connectivity index (χ1) is 10.6. The second-order valence-electron chi connectivity index (χ2n) is 5.46. The van der Waals surface area contributed by atoms with E-state index in [1.54, 1.807) is 0 Å². The second-order valence-corrected chi connectivity index (χ2v) is 5.46. The van der Waals surface area contributed by atoms with Crippen LogP contribution in [0.3, 0.4) is 0 Å². The van der Waals surface area contributed by atoms with Crippen LogP contribution in [0.15, 0.2) is 24.3 Å². The Bertz CT molecular complexity index is 611. The number of carboxylic acid groups (broad SMARTS) is 1. The molecule has 2 amide bonds. The molecular formula is C14H16F3N3O3. The van der Waals surface area contributed by atoms with Crippen molar-refractivity contribution in [2.24, 2.45) is 5.73 Å². The number of piperidine rings is 1. The summed E-state index contributed by atoms with van der Waals surface area (Å²) in [5.74, 6) is -0.720. The molecule has 0 saturated carbocycles. The Kier molecular flexibility index (Phi) is 4.51. The van der Waals surface area contributed by atoms with Crippen molar-refractivity contribution in [3.05, 3.63) is 35.4 Å². The van der Waals surface area contributed by atoms with Gasteiger partial charge in [0.2, 0.25) is 0 Å². The number of carbonyl (C=O) groups excluding carboxylic acids is 1. The first-order valence-electron chi connectivity index (χ1n) is 6.87. The van der Waals surface area contributed by atoms with E-state index in [-0.39, 0.29) is 31.5 Å². The average molecular weight is 331 g/mol. The zero-order valence-electron chi connectivity index (χ0n) is 12.1. The fourth-order valence-electron chi connectivity index (χ4n) is 2.36. The molecule has 2 rings (SSSR count). The Morgan fingerprint density at radius 3 is 2.39 bits per heavy atom. The number of hydrogen-bond acceptors (Lipinski definition) is 3. The lowest BCUT2D eigenvalue weighted by Gasteiger charge is -2.38. The van der Waals surface area contributed by atoms with Crippen molar-refractivity contribution in [1.82, 2.24) is 10.2 Å². The van der Waals surface area contributed by atoms with Crippen LogP contribution in [-0.2, 0) is 6.18 Å². The molecule has 1 heterocycles. The van der Waals surface area contributed by atoms with Crippen LogP contribution in [0.1, 0.15) is 28.8 Å². The summed E-state index contributed by atoms with van der Waals surface area (Å²) in [6.45, 7) is 0.295. The van der Waals surface area contributed by atoms with E-state index in [4.69, 9.17) is 10.8 Å². The lowest BCUT2D eigenvalue weighted by Crippen LogP contribution is -2.61. The number of likely N-dealkylation sites (tertiary alicyclic amines) is 1. The van der Waals surface area contributed by atoms with Crippen LogP contribution in [0.5, 0.6) is 0 Å². The van der Waals surface area contributed by atoms with Crippen molar-refractivity contribution in [1.29, 1.82) is 0 Å². The number of alkyl halides is 3. The molecule has 0 spiro atoms. The molecule has 1 aromatic rings. The number of nitrogens with one attached hydrogen (secondary N) is 1. The van der Waals surface area contributed by atoms with Crippen LogP contribution >= 0.6 is 0 Å². The van der Waals surface area contributed by atoms with Gasteiger partial charge in [-0.2, -0.15) is 13.2 Å². The van der Waals surface area contributed by atoms with Crippen LogP contribution in [0.25, 0.3) is 0 Å². The summed E-state index contributed by atoms with van der Waals surface area (Å²) in [6, 6.07) is 4.04. The molecule has 0 atom stereocenters. The van der Waals surface area contributed by atoms with E-state index >= 15 is 0 Å². The molecule has 1 saturated heterocycles. The third kappa shape index (κ3) is 4.13. The van der Waals surface area contributed by atoms with E-state index < -0.39 is 29.4 Å². The number of amides is 2. The van der Waals surface area contributed by atoms with Gasteiger partial charge in [0.25, 0.3) is 5.91 Å². The fourth-order valence-corrected chi connectivity index (χ4v) is 2.36. The highest BCUT2D eigenvalue weighted by Gasteiger charge is 2.35. The summed E-state index contributed by atoms with van der Waals surface area (Å²) in [6.07, 6.45) is -5.24. The van der Waals surface area contributed by atoms with Crippen molar-refractivity contribution in [2.45, 2.75) is 24.7 Å². The van der Waals surface area contributed by atoms with Gasteiger partial charge in [0.15, 0.2) is 0 Å². The molecule has 0 radical (unpaired) electrons. The van der Waals surface area contributed by atoms with Gasteiger partial charge in [-0.05, 0) is 18.2 Å². The van der Waals surface area contributed by atoms with E-state index in [9.17, 15) is 22.8 Å². The number of carbonyl (C=O) groups is 2. The standard InChI is InChI=1S/C14H16F3N3O3/c15-14(16,17)10-3-1-2-9(8-10)11(21)19-13(18)4-6-20(7-5-13)12(22)23/h1-3,8H,4-7,18H2,(H,19,21)(H,22,23). The zero-order chi connectivity index (χ0) is 17.3. The van der Waals surface area contributed by atoms with E-state index in [0.29, 0.717) is 0 Å². The van der Waals surface area contributed by atoms with Gasteiger partial charge in [0, 0.05) is 31.5 Å². The topological polar surface area (TPSA) is 95.7 Å². The molecule has 9 heteroatoms. The maximum atomic E-state index is 12.7. The Hall–Kier alpha value is -2.29. The lowest BCUT2D eigenvalue weighted by molar-refractivity contribution is -0.137. The van der Waals surface area contributed by atoms with Crippen LogP contribution in [-0.4, -0.2) is 40.8 Å². The molecule has 23 heavy (non-hydrogen) atoms. The minimum atomic E-state index is -4.54. The van der Waals surface area contributed by atoms with Gasteiger partial charge in [-0.15, -0.1) is 0 Å². The van der Waals surface area contributed by atoms with Crippen LogP contribution in [0.4, 0.5) is 18.0 Å². The van der Waals surface area contributed by atoms with Crippen LogP contribution in [0, 0.1) is 0 Å². The SMILES string of the molecule is NC1(NC(=O)c2cccc(C(F)(F)F)c2)CCN(C(=O)O)CC1. The van der Waals surface area contributed by atoms with Gasteiger partial charge in [0.1, 0.15) is 0 Å². The molecular weight excluding hydrogens is 315 g/mol. The number of rotatable bonds is 2. The summed E-state index contributed by atoms with van der Waals surface area (Å²) in [7, 11) is 0. The van der Waals surface area contributed by atoms with Crippen molar-refractivity contribution in [3.63, 3.8) is 0 Å². The van der Waals surface area contributed by atoms with Gasteiger partial charge in [-0.3, -0.25) is 4.79 Å². The predicted molar refractivity (Wildman–Crippen MR) is 74.7 cm³/mol. The fraction of sp³-hybridized carbons (Fsp3) is 0.429. The first kappa shape index (κ1) is 17.1. The minimum absolute atomic E-state index is 0.148. The molecule has 1 fully saturated rings. The third-order valence-corrected chi connectivity index (χ3v) is 3.74. The van der Waals surface area contributed by atoms with E-state index in [1.165, 1.54) is 11.0 Å². The molecule has 6 nitrogen and oxygen atoms in total. The smallest absolute Gasteiger partial charge is 0.416 e. The maximum absolute atomic E-state index is 12.7. The molecule has 1 aromatic carbocycles. The van der Waals surface area contributed by atoms with E-state index in [2.05, 4.69) is 5.32 Å². The van der Waals surface area contributed by atoms with Gasteiger partial charge < -0.3 is 21.1 Å². The molecule has 1 aliphatic rings. The summed E-state index contributed by atoms with van der Waals surface area (Å²) in [5, 5.41) is 11.4. The van der Waals surface area contributed by atoms with Crippen molar-refractivity contribution < 1.29 is 27.9 Å². The van der Waals surface area contributed by atoms with E-state index in [0.717, 1.165) is 18.2 Å². The number of nitrogens with zero attached hydrogens (tertiary/aromatic N) is 1. The second kappa shape index (κ2) is 6.07. The van der Waals surface area contributed by atoms with Gasteiger partial charge in [-0.1, -0.05) is 6.07 Å². The van der Waals surface area contributed by atoms with Crippen molar-refractivity contribution in [2.75, 3.05) is 13.1 Å². The Morgan fingerprint density at radius 1 is 1.26 bits per heavy atom. The Morgan fingerprint density at radius 2 is 1.87 bits per heavy atom. The molecule has 0 aliphatic carbocycles. The first-order valence-corrected chi connectivity index (χ1v) is 6.87. The predicted octanol–water partition coefficient (Wildman–Crippen LogP) is 1.86. The highest BCUT2D eigenvalue weighted by molar-refractivity contribution is 5.94. The zero-order valence-corrected chi connectivity index (χ0v) is 12.1. The highest BCUT2D eigenvalue weighted by atomic mass is 19.4. The van der Waals surface area contributed by atoms with Gasteiger partial charge in [0.05, 0.1) is 11.2 Å². The van der Waals surface area contributed by atoms with Crippen LogP contribution in [0.2, 0.25) is 0 Å². The van der Waals surface area contributed by atoms with Crippen LogP contribution < -0.4 is 11.1 Å². The van der Waals surface area contributed by atoms with Gasteiger partial charge in [-0.25, -0.2) is 4.79 Å². The lowest BCUT2D eigenvalue weighted by atomic mass is 9.97. The molecule has 0 unspecified atom stereocenters. The monoisotopic (exact) mass is 331 g/mol. The number of nitrogens with two attached hydrogens (primary N) is 1. The molecule has 1 aliphatic heterocycles. The maximum Gasteiger partial charge on any atom is 0.416 e. The van der Waals surface area contributed by atoms with Crippen molar-refractivity contribution in [3.8, 4) is 0 Å². The molecule has 126 valence electrons. The summed E-state index contributed by atoms with van der Waals surface area (Å²) >= 11 is 0. The summed E-state index contributed by atoms with van der Waals surface area (Å²) in [4.78, 5) is 24.1. The number of halogens is 3. The Labute approximate surface area is 130 Å². The van der Waals surface area contributed by atoms with Crippen molar-refractivity contribution >= 4 is 12.0 Å². The molecule has 0 bridgehead atoms. The average Bonchev–Trinajstić information content (AvgIpc) is 2.46. The minimum Gasteiger partial charge on any atom is -0.465 e. The molecule has 0 aromatic heterocycles. The third-order valence-electron chi connectivity index (χ3n) is 3.74. The number of hydrogen-bond donors (Lipinski definition) is 3. The quantitative estimate of drug-likeness (QED) is 0.721. The Balaban J connectivity index is 2.06. The van der Waals surface area contributed by atoms with E-state index in [1.807, 2.05) is 0 Å². The normalized spacial score (nSPS) is 17.7. The largest absolute Gasteiger partial charge is 0.465 e. The van der Waals surface area contributed by atoms with Gasteiger partial charge >= 0.3 is 12.3 Å². The summed E-state index contributed by atoms with van der Waals surface area (Å²) < 4.78 is 38.0. The summed E-state index contributed by atoms with van der Waals surface area (Å²) in [5.41, 5.74) is 3.80. The highest BCUT2D eigenvalue weighted by Crippen LogP contribution is 2.29. The number of benzene rings is 1.